The molecule has 2 N–H and O–H groups in total. The number of aliphatic hydroxyl groups excluding tert-OH is 2. The Labute approximate surface area is 324 Å². The number of hydrogen-bond acceptors (Lipinski definition) is 9. The molecule has 2 aliphatic heterocycles. The van der Waals surface area contributed by atoms with Gasteiger partial charge in [0.1, 0.15) is 18.1 Å². The van der Waals surface area contributed by atoms with E-state index in [1.807, 2.05) is 18.2 Å². The standard InChI is InChI=1S/C45H55NO7S/c1-3-24-49-34-19-21-40-38(29-34)43-36(16-8-11-23-48)33(15-7-10-22-47)28-37-39(46-53-42-17-9-12-26-50-42)30-41(45(52-40,44(37)43)51-25-4-2)54-35-20-18-31-13-5-6-14-32(31)27-35/h3-6,13-14,18-21,27-29,33,36,41-44,47-48H,1-2,7-12,15-17,22-26,30H2. The van der Waals surface area contributed by atoms with Gasteiger partial charge in [0.25, 0.3) is 0 Å². The van der Waals surface area contributed by atoms with E-state index in [9.17, 15) is 10.2 Å². The second-order valence-corrected chi connectivity index (χ2v) is 16.1. The number of ether oxygens (including phenoxy) is 4. The van der Waals surface area contributed by atoms with E-state index in [-0.39, 0.29) is 48.4 Å². The predicted molar refractivity (Wildman–Crippen MR) is 215 cm³/mol. The van der Waals surface area contributed by atoms with Crippen LogP contribution >= 0.6 is 11.8 Å². The van der Waals surface area contributed by atoms with Crippen molar-refractivity contribution in [3.63, 3.8) is 0 Å². The zero-order chi connectivity index (χ0) is 37.3. The normalized spacial score (nSPS) is 28.0. The summed E-state index contributed by atoms with van der Waals surface area (Å²) in [5.74, 6) is 0.667. The summed E-state index contributed by atoms with van der Waals surface area (Å²) in [6.45, 7) is 9.64. The van der Waals surface area contributed by atoms with Crippen LogP contribution in [-0.4, -0.2) is 66.3 Å². The van der Waals surface area contributed by atoms with Gasteiger partial charge in [-0.1, -0.05) is 73.1 Å². The Balaban J connectivity index is 1.41. The molecule has 4 aliphatic rings. The van der Waals surface area contributed by atoms with E-state index in [0.29, 0.717) is 26.2 Å². The van der Waals surface area contributed by atoms with Gasteiger partial charge in [-0.2, -0.15) is 0 Å². The van der Waals surface area contributed by atoms with Crippen molar-refractivity contribution in [2.75, 3.05) is 33.0 Å². The number of aliphatic hydroxyl groups is 2. The van der Waals surface area contributed by atoms with Crippen molar-refractivity contribution in [2.45, 2.75) is 92.3 Å². The van der Waals surface area contributed by atoms with E-state index in [1.54, 1.807) is 17.8 Å². The SMILES string of the molecule is C=CCOc1ccc2c(c1)C1C(CCCCO)C(CCCCO)C=C3C(=NOC4CCCCO4)CC(Sc4ccc5ccccc5c4)C(OCC=C)(O2)C31. The molecule has 7 rings (SSSR count). The zero-order valence-corrected chi connectivity index (χ0v) is 32.1. The minimum atomic E-state index is -1.07. The number of unbranched alkanes of at least 4 members (excludes halogenated alkanes) is 2. The Morgan fingerprint density at radius 2 is 1.72 bits per heavy atom. The molecule has 0 aromatic heterocycles. The van der Waals surface area contributed by atoms with Crippen LogP contribution in [0.1, 0.15) is 75.7 Å². The van der Waals surface area contributed by atoms with Gasteiger partial charge in [-0.3, -0.25) is 0 Å². The van der Waals surface area contributed by atoms with Crippen LogP contribution in [0, 0.1) is 17.8 Å². The molecule has 3 aromatic carbocycles. The van der Waals surface area contributed by atoms with Gasteiger partial charge in [0, 0.05) is 42.4 Å². The van der Waals surface area contributed by atoms with Crippen molar-refractivity contribution in [3.8, 4) is 11.5 Å². The van der Waals surface area contributed by atoms with Crippen molar-refractivity contribution >= 4 is 28.2 Å². The van der Waals surface area contributed by atoms with E-state index >= 15 is 0 Å². The van der Waals surface area contributed by atoms with Crippen molar-refractivity contribution in [3.05, 3.63) is 103 Å². The second-order valence-electron chi connectivity index (χ2n) is 14.9. The van der Waals surface area contributed by atoms with Gasteiger partial charge in [-0.15, -0.1) is 18.3 Å². The fraction of sp³-hybridized carbons (Fsp3) is 0.489. The summed E-state index contributed by atoms with van der Waals surface area (Å²) in [6.07, 6.45) is 14.2. The minimum absolute atomic E-state index is 0.0141. The molecule has 54 heavy (non-hydrogen) atoms. The molecule has 2 aliphatic carbocycles. The van der Waals surface area contributed by atoms with Crippen molar-refractivity contribution in [2.24, 2.45) is 22.9 Å². The lowest BCUT2D eigenvalue weighted by Crippen LogP contribution is -2.64. The van der Waals surface area contributed by atoms with Crippen LogP contribution in [0.2, 0.25) is 0 Å². The molecule has 7 unspecified atom stereocenters. The lowest BCUT2D eigenvalue weighted by molar-refractivity contribution is -0.223. The fourth-order valence-corrected chi connectivity index (χ4v) is 10.3. The molecule has 8 nitrogen and oxygen atoms in total. The Morgan fingerprint density at radius 3 is 2.50 bits per heavy atom. The maximum atomic E-state index is 9.90. The Hall–Kier alpha value is -3.60. The van der Waals surface area contributed by atoms with Crippen LogP contribution in [0.15, 0.2) is 108 Å². The molecule has 0 radical (unpaired) electrons. The van der Waals surface area contributed by atoms with Crippen molar-refractivity contribution in [1.29, 1.82) is 0 Å². The quantitative estimate of drug-likeness (QED) is 0.0754. The van der Waals surface area contributed by atoms with Gasteiger partial charge in [-0.05, 0) is 97.0 Å². The lowest BCUT2D eigenvalue weighted by Gasteiger charge is -2.58. The lowest BCUT2D eigenvalue weighted by atomic mass is 9.56. The molecule has 288 valence electrons. The van der Waals surface area contributed by atoms with Gasteiger partial charge < -0.3 is 34.0 Å². The minimum Gasteiger partial charge on any atom is -0.490 e. The third kappa shape index (κ3) is 8.31. The molecule has 0 bridgehead atoms. The van der Waals surface area contributed by atoms with Crippen LogP contribution < -0.4 is 9.47 Å². The summed E-state index contributed by atoms with van der Waals surface area (Å²) in [5, 5.41) is 26.9. The predicted octanol–water partition coefficient (Wildman–Crippen LogP) is 9.36. The molecule has 2 heterocycles. The number of hydrogen-bond donors (Lipinski definition) is 2. The summed E-state index contributed by atoms with van der Waals surface area (Å²) in [7, 11) is 0. The average Bonchev–Trinajstić information content (AvgIpc) is 3.20. The Kier molecular flexibility index (Phi) is 13.1. The smallest absolute Gasteiger partial charge is 0.231 e. The van der Waals surface area contributed by atoms with Gasteiger partial charge in [0.2, 0.25) is 12.1 Å². The van der Waals surface area contributed by atoms with E-state index in [0.717, 1.165) is 91.0 Å². The van der Waals surface area contributed by atoms with Crippen molar-refractivity contribution < 1.29 is 34.0 Å². The largest absolute Gasteiger partial charge is 0.490 e. The second kappa shape index (κ2) is 18.4. The van der Waals surface area contributed by atoms with Crippen molar-refractivity contribution in [1.82, 2.24) is 0 Å². The van der Waals surface area contributed by atoms with E-state index in [1.165, 1.54) is 10.8 Å². The van der Waals surface area contributed by atoms with Crippen LogP contribution in [0.4, 0.5) is 0 Å². The molecule has 1 saturated heterocycles. The van der Waals surface area contributed by atoms with Crippen LogP contribution in [0.5, 0.6) is 11.5 Å². The zero-order valence-electron chi connectivity index (χ0n) is 31.3. The third-order valence-corrected chi connectivity index (χ3v) is 12.7. The average molecular weight is 754 g/mol. The molecule has 3 aromatic rings. The van der Waals surface area contributed by atoms with Gasteiger partial charge >= 0.3 is 0 Å². The number of benzene rings is 3. The first-order valence-electron chi connectivity index (χ1n) is 19.8. The van der Waals surface area contributed by atoms with Gasteiger partial charge in [0.15, 0.2) is 0 Å². The summed E-state index contributed by atoms with van der Waals surface area (Å²) < 4.78 is 26.6. The van der Waals surface area contributed by atoms with Crippen LogP contribution in [0.25, 0.3) is 10.8 Å². The first kappa shape index (κ1) is 38.7. The fourth-order valence-electron chi connectivity index (χ4n) is 8.99. The molecule has 0 amide bonds. The molecular weight excluding hydrogens is 699 g/mol. The highest BCUT2D eigenvalue weighted by Crippen LogP contribution is 2.63. The van der Waals surface area contributed by atoms with Crippen LogP contribution in [-0.2, 0) is 14.3 Å². The highest BCUT2D eigenvalue weighted by atomic mass is 32.2. The van der Waals surface area contributed by atoms with E-state index in [4.69, 9.17) is 28.9 Å². The summed E-state index contributed by atoms with van der Waals surface area (Å²) in [5.41, 5.74) is 3.10. The maximum Gasteiger partial charge on any atom is 0.231 e. The summed E-state index contributed by atoms with van der Waals surface area (Å²) >= 11 is 1.77. The molecule has 9 heteroatoms. The molecule has 2 fully saturated rings. The molecule has 0 spiro atoms. The third-order valence-electron chi connectivity index (χ3n) is 11.4. The number of oxime groups is 1. The Bertz CT molecular complexity index is 1800. The molecular formula is C45H55NO7S. The summed E-state index contributed by atoms with van der Waals surface area (Å²) in [6, 6.07) is 21.2. The van der Waals surface area contributed by atoms with Crippen LogP contribution in [0.3, 0.4) is 0 Å². The summed E-state index contributed by atoms with van der Waals surface area (Å²) in [4.78, 5) is 7.39. The van der Waals surface area contributed by atoms with E-state index < -0.39 is 5.79 Å². The first-order valence-corrected chi connectivity index (χ1v) is 20.7. The number of rotatable bonds is 18. The Morgan fingerprint density at radius 1 is 0.907 bits per heavy atom. The molecule has 7 atom stereocenters. The number of thioether (sulfide) groups is 1. The van der Waals surface area contributed by atoms with Gasteiger partial charge in [-0.25, -0.2) is 0 Å². The highest BCUT2D eigenvalue weighted by Gasteiger charge is 2.64. The first-order chi connectivity index (χ1) is 26.6. The highest BCUT2D eigenvalue weighted by molar-refractivity contribution is 8.00. The monoisotopic (exact) mass is 753 g/mol. The number of fused-ring (bicyclic) bond motifs is 3. The van der Waals surface area contributed by atoms with Gasteiger partial charge in [0.05, 0.1) is 30.1 Å². The van der Waals surface area contributed by atoms with E-state index in [2.05, 4.69) is 67.8 Å². The topological polar surface area (TPSA) is 99.0 Å². The number of allylic oxidation sites excluding steroid dienone is 1. The number of nitrogens with zero attached hydrogens (tertiary/aromatic N) is 1. The maximum absolute atomic E-state index is 9.90. The molecule has 1 saturated carbocycles.